The van der Waals surface area contributed by atoms with Crippen LogP contribution in [0.2, 0.25) is 0 Å². The van der Waals surface area contributed by atoms with Crippen LogP contribution in [0.25, 0.3) is 0 Å². The smallest absolute Gasteiger partial charge is 0.220 e. The third-order valence-corrected chi connectivity index (χ3v) is 3.75. The molecule has 0 aliphatic carbocycles. The van der Waals surface area contributed by atoms with Crippen molar-refractivity contribution in [3.05, 3.63) is 65.2 Å². The second-order valence-corrected chi connectivity index (χ2v) is 6.03. The molecule has 1 atom stereocenters. The monoisotopic (exact) mass is 311 g/mol. The minimum atomic E-state index is -0.0138. The number of nitrogens with one attached hydrogen (secondary N) is 1. The summed E-state index contributed by atoms with van der Waals surface area (Å²) >= 11 is 0. The molecule has 0 aliphatic heterocycles. The summed E-state index contributed by atoms with van der Waals surface area (Å²) in [6.45, 7) is 6.51. The number of para-hydroxylation sites is 1. The van der Waals surface area contributed by atoms with E-state index in [1.54, 1.807) is 0 Å². The van der Waals surface area contributed by atoms with Gasteiger partial charge in [0.05, 0.1) is 6.04 Å². The maximum absolute atomic E-state index is 12.0. The summed E-state index contributed by atoms with van der Waals surface area (Å²) < 4.78 is 5.76. The number of rotatable bonds is 7. The van der Waals surface area contributed by atoms with Gasteiger partial charge in [-0.2, -0.15) is 0 Å². The fraction of sp³-hybridized carbons (Fsp3) is 0.350. The van der Waals surface area contributed by atoms with Gasteiger partial charge in [-0.05, 0) is 44.4 Å². The summed E-state index contributed by atoms with van der Waals surface area (Å²) in [6, 6.07) is 16.2. The van der Waals surface area contributed by atoms with Crippen LogP contribution in [0.1, 0.15) is 30.0 Å². The molecule has 0 saturated carbocycles. The average Bonchev–Trinajstić information content (AvgIpc) is 2.53. The third-order valence-electron chi connectivity index (χ3n) is 3.75. The highest BCUT2D eigenvalue weighted by molar-refractivity contribution is 5.76. The molecule has 0 aromatic heterocycles. The summed E-state index contributed by atoms with van der Waals surface area (Å²) in [5.74, 6) is 0.930. The summed E-state index contributed by atoms with van der Waals surface area (Å²) in [7, 11) is 0. The Kier molecular flexibility index (Phi) is 6.21. The van der Waals surface area contributed by atoms with E-state index in [1.807, 2.05) is 38.1 Å². The van der Waals surface area contributed by atoms with Gasteiger partial charge in [-0.25, -0.2) is 0 Å². The molecule has 0 saturated heterocycles. The van der Waals surface area contributed by atoms with E-state index in [-0.39, 0.29) is 11.9 Å². The molecule has 3 heteroatoms. The average molecular weight is 311 g/mol. The zero-order valence-corrected chi connectivity index (χ0v) is 14.1. The van der Waals surface area contributed by atoms with Crippen LogP contribution in [0.5, 0.6) is 5.75 Å². The number of amides is 1. The molecule has 2 aromatic rings. The van der Waals surface area contributed by atoms with Crippen molar-refractivity contribution in [1.29, 1.82) is 0 Å². The van der Waals surface area contributed by atoms with Crippen LogP contribution in [0.3, 0.4) is 0 Å². The van der Waals surface area contributed by atoms with Crippen molar-refractivity contribution in [3.63, 3.8) is 0 Å². The quantitative estimate of drug-likeness (QED) is 0.844. The molecule has 0 heterocycles. The Morgan fingerprint density at radius 2 is 1.78 bits per heavy atom. The van der Waals surface area contributed by atoms with Gasteiger partial charge in [-0.1, -0.05) is 48.0 Å². The van der Waals surface area contributed by atoms with Crippen LogP contribution in [0, 0.1) is 13.8 Å². The Morgan fingerprint density at radius 3 is 2.48 bits per heavy atom. The van der Waals surface area contributed by atoms with Crippen molar-refractivity contribution in [2.24, 2.45) is 0 Å². The Balaban J connectivity index is 1.72. The zero-order chi connectivity index (χ0) is 16.7. The van der Waals surface area contributed by atoms with E-state index in [1.165, 1.54) is 11.1 Å². The SMILES string of the molecule is Cc1ccc(CCC(=O)N[C@@H](C)COc2ccccc2C)cc1. The lowest BCUT2D eigenvalue weighted by Gasteiger charge is -2.16. The van der Waals surface area contributed by atoms with E-state index in [0.29, 0.717) is 13.0 Å². The van der Waals surface area contributed by atoms with Crippen molar-refractivity contribution < 1.29 is 9.53 Å². The lowest BCUT2D eigenvalue weighted by molar-refractivity contribution is -0.121. The third kappa shape index (κ3) is 5.78. The molecule has 3 nitrogen and oxygen atoms in total. The van der Waals surface area contributed by atoms with Crippen LogP contribution in [-0.4, -0.2) is 18.6 Å². The van der Waals surface area contributed by atoms with E-state index in [4.69, 9.17) is 4.74 Å². The number of carbonyl (C=O) groups excluding carboxylic acids is 1. The number of aryl methyl sites for hydroxylation is 3. The summed E-state index contributed by atoms with van der Waals surface area (Å²) in [5, 5.41) is 2.99. The summed E-state index contributed by atoms with van der Waals surface area (Å²) in [6.07, 6.45) is 1.26. The molecule has 0 fully saturated rings. The highest BCUT2D eigenvalue weighted by Crippen LogP contribution is 2.16. The number of ether oxygens (including phenoxy) is 1. The normalized spacial score (nSPS) is 11.8. The predicted molar refractivity (Wildman–Crippen MR) is 93.8 cm³/mol. The van der Waals surface area contributed by atoms with Crippen molar-refractivity contribution in [1.82, 2.24) is 5.32 Å². The fourth-order valence-corrected chi connectivity index (χ4v) is 2.33. The molecule has 1 N–H and O–H groups in total. The van der Waals surface area contributed by atoms with Gasteiger partial charge in [-0.15, -0.1) is 0 Å². The Bertz CT molecular complexity index is 634. The molecule has 23 heavy (non-hydrogen) atoms. The molecular weight excluding hydrogens is 286 g/mol. The van der Waals surface area contributed by atoms with E-state index >= 15 is 0 Å². The first-order chi connectivity index (χ1) is 11.0. The minimum absolute atomic E-state index is 0.0138. The maximum atomic E-state index is 12.0. The van der Waals surface area contributed by atoms with Gasteiger partial charge in [0.2, 0.25) is 5.91 Å². The van der Waals surface area contributed by atoms with Crippen molar-refractivity contribution in [3.8, 4) is 5.75 Å². The van der Waals surface area contributed by atoms with Crippen LogP contribution < -0.4 is 10.1 Å². The first-order valence-corrected chi connectivity index (χ1v) is 8.08. The van der Waals surface area contributed by atoms with Gasteiger partial charge in [0, 0.05) is 6.42 Å². The summed E-state index contributed by atoms with van der Waals surface area (Å²) in [4.78, 5) is 12.0. The van der Waals surface area contributed by atoms with E-state index in [9.17, 15) is 4.79 Å². The first-order valence-electron chi connectivity index (χ1n) is 8.08. The second-order valence-electron chi connectivity index (χ2n) is 6.03. The van der Waals surface area contributed by atoms with Crippen molar-refractivity contribution in [2.75, 3.05) is 6.61 Å². The molecule has 0 aliphatic rings. The van der Waals surface area contributed by atoms with E-state index in [0.717, 1.165) is 17.7 Å². The molecule has 122 valence electrons. The molecule has 2 rings (SSSR count). The maximum Gasteiger partial charge on any atom is 0.220 e. The molecule has 2 aromatic carbocycles. The van der Waals surface area contributed by atoms with Crippen molar-refractivity contribution in [2.45, 2.75) is 39.7 Å². The molecule has 0 radical (unpaired) electrons. The van der Waals surface area contributed by atoms with Gasteiger partial charge in [0.25, 0.3) is 0 Å². The molecular formula is C20H25NO2. The van der Waals surface area contributed by atoms with Gasteiger partial charge in [0.15, 0.2) is 0 Å². The molecule has 0 unspecified atom stereocenters. The highest BCUT2D eigenvalue weighted by Gasteiger charge is 2.09. The fourth-order valence-electron chi connectivity index (χ4n) is 2.33. The van der Waals surface area contributed by atoms with E-state index < -0.39 is 0 Å². The number of hydrogen-bond donors (Lipinski definition) is 1. The van der Waals surface area contributed by atoms with Crippen LogP contribution >= 0.6 is 0 Å². The highest BCUT2D eigenvalue weighted by atomic mass is 16.5. The van der Waals surface area contributed by atoms with Gasteiger partial charge >= 0.3 is 0 Å². The number of carbonyl (C=O) groups is 1. The predicted octanol–water partition coefficient (Wildman–Crippen LogP) is 3.82. The largest absolute Gasteiger partial charge is 0.491 e. The number of benzene rings is 2. The Hall–Kier alpha value is -2.29. The standard InChI is InChI=1S/C20H25NO2/c1-15-8-10-18(11-9-15)12-13-20(22)21-17(3)14-23-19-7-5-4-6-16(19)2/h4-11,17H,12-14H2,1-3H3,(H,21,22)/t17-/m0/s1. The topological polar surface area (TPSA) is 38.3 Å². The first kappa shape index (κ1) is 17.1. The van der Waals surface area contributed by atoms with Gasteiger partial charge in [-0.3, -0.25) is 4.79 Å². The lowest BCUT2D eigenvalue weighted by atomic mass is 10.1. The second kappa shape index (κ2) is 8.37. The Labute approximate surface area is 138 Å². The van der Waals surface area contributed by atoms with Gasteiger partial charge in [0.1, 0.15) is 12.4 Å². The van der Waals surface area contributed by atoms with E-state index in [2.05, 4.69) is 36.5 Å². The minimum Gasteiger partial charge on any atom is -0.491 e. The number of hydrogen-bond acceptors (Lipinski definition) is 2. The van der Waals surface area contributed by atoms with Crippen LogP contribution in [0.4, 0.5) is 0 Å². The lowest BCUT2D eigenvalue weighted by Crippen LogP contribution is -2.36. The summed E-state index contributed by atoms with van der Waals surface area (Å²) in [5.41, 5.74) is 3.53. The van der Waals surface area contributed by atoms with Gasteiger partial charge < -0.3 is 10.1 Å². The zero-order valence-electron chi connectivity index (χ0n) is 14.1. The molecule has 1 amide bonds. The molecule has 0 bridgehead atoms. The van der Waals surface area contributed by atoms with Crippen LogP contribution in [0.15, 0.2) is 48.5 Å². The van der Waals surface area contributed by atoms with Crippen LogP contribution in [-0.2, 0) is 11.2 Å². The molecule has 0 spiro atoms. The van der Waals surface area contributed by atoms with Crippen molar-refractivity contribution >= 4 is 5.91 Å². The Morgan fingerprint density at radius 1 is 1.09 bits per heavy atom.